The quantitative estimate of drug-likeness (QED) is 0.794. The highest BCUT2D eigenvalue weighted by molar-refractivity contribution is 6.28. The van der Waals surface area contributed by atoms with Gasteiger partial charge >= 0.3 is 0 Å². The fraction of sp³-hybridized carbons (Fsp3) is 0.833. The van der Waals surface area contributed by atoms with E-state index in [9.17, 15) is 0 Å². The highest BCUT2D eigenvalue weighted by Gasteiger charge is 2.28. The molecule has 1 fully saturated rings. The molecule has 1 aromatic rings. The van der Waals surface area contributed by atoms with Gasteiger partial charge in [-0.05, 0) is 42.7 Å². The van der Waals surface area contributed by atoms with Crippen LogP contribution in [0.15, 0.2) is 0 Å². The summed E-state index contributed by atoms with van der Waals surface area (Å²) < 4.78 is 2.15. The molecule has 2 rings (SSSR count). The van der Waals surface area contributed by atoms with Crippen molar-refractivity contribution in [1.29, 1.82) is 0 Å². The Labute approximate surface area is 102 Å². The zero-order valence-electron chi connectivity index (χ0n) is 10.3. The molecular formula is C12H20ClN3. The van der Waals surface area contributed by atoms with Gasteiger partial charge in [-0.3, -0.25) is 4.57 Å². The lowest BCUT2D eigenvalue weighted by atomic mass is 9.80. The van der Waals surface area contributed by atoms with Crippen molar-refractivity contribution in [3.8, 4) is 0 Å². The van der Waals surface area contributed by atoms with Crippen molar-refractivity contribution in [2.75, 3.05) is 0 Å². The molecule has 0 radical (unpaired) electrons. The van der Waals surface area contributed by atoms with Crippen LogP contribution in [0, 0.1) is 11.8 Å². The molecule has 16 heavy (non-hydrogen) atoms. The van der Waals surface area contributed by atoms with Gasteiger partial charge in [-0.1, -0.05) is 20.8 Å². The number of nitrogens with zero attached hydrogens (tertiary/aromatic N) is 3. The summed E-state index contributed by atoms with van der Waals surface area (Å²) in [6.07, 6.45) is 4.64. The molecule has 2 unspecified atom stereocenters. The summed E-state index contributed by atoms with van der Waals surface area (Å²) >= 11 is 6.14. The van der Waals surface area contributed by atoms with Gasteiger partial charge < -0.3 is 0 Å². The molecule has 0 N–H and O–H groups in total. The van der Waals surface area contributed by atoms with E-state index in [1.54, 1.807) is 0 Å². The van der Waals surface area contributed by atoms with E-state index >= 15 is 0 Å². The van der Waals surface area contributed by atoms with Crippen LogP contribution in [0.1, 0.15) is 51.9 Å². The highest BCUT2D eigenvalue weighted by atomic mass is 35.5. The molecule has 4 heteroatoms. The van der Waals surface area contributed by atoms with Gasteiger partial charge in [-0.15, -0.1) is 10.2 Å². The van der Waals surface area contributed by atoms with Crippen LogP contribution in [0.3, 0.4) is 0 Å². The molecule has 0 amide bonds. The van der Waals surface area contributed by atoms with Crippen LogP contribution in [0.4, 0.5) is 0 Å². The van der Waals surface area contributed by atoms with Crippen molar-refractivity contribution >= 4 is 11.6 Å². The summed E-state index contributed by atoms with van der Waals surface area (Å²) in [5, 5.41) is 8.69. The van der Waals surface area contributed by atoms with E-state index < -0.39 is 0 Å². The lowest BCUT2D eigenvalue weighted by molar-refractivity contribution is 0.218. The summed E-state index contributed by atoms with van der Waals surface area (Å²) in [7, 11) is 0. The molecule has 0 aliphatic heterocycles. The van der Waals surface area contributed by atoms with Crippen LogP contribution in [0.5, 0.6) is 0 Å². The minimum atomic E-state index is 0.496. The second-order valence-electron chi connectivity index (χ2n) is 5.18. The Morgan fingerprint density at radius 1 is 1.19 bits per heavy atom. The average Bonchev–Trinajstić information content (AvgIpc) is 2.58. The van der Waals surface area contributed by atoms with Crippen LogP contribution in [0.2, 0.25) is 5.28 Å². The first-order valence-corrected chi connectivity index (χ1v) is 6.58. The number of hydrogen-bond acceptors (Lipinski definition) is 2. The highest BCUT2D eigenvalue weighted by Crippen LogP contribution is 2.37. The summed E-state index contributed by atoms with van der Waals surface area (Å²) in [6.45, 7) is 6.76. The van der Waals surface area contributed by atoms with E-state index in [0.29, 0.717) is 11.3 Å². The van der Waals surface area contributed by atoms with E-state index in [-0.39, 0.29) is 0 Å². The smallest absolute Gasteiger partial charge is 0.225 e. The lowest BCUT2D eigenvalue weighted by Crippen LogP contribution is -2.24. The van der Waals surface area contributed by atoms with Crippen LogP contribution in [0.25, 0.3) is 0 Å². The Balaban J connectivity index is 2.25. The van der Waals surface area contributed by atoms with Crippen molar-refractivity contribution in [1.82, 2.24) is 14.8 Å². The van der Waals surface area contributed by atoms with Crippen molar-refractivity contribution in [2.45, 2.75) is 52.5 Å². The van der Waals surface area contributed by atoms with Crippen LogP contribution >= 0.6 is 11.6 Å². The van der Waals surface area contributed by atoms with Gasteiger partial charge in [0.1, 0.15) is 5.82 Å². The molecular weight excluding hydrogens is 222 g/mol. The topological polar surface area (TPSA) is 30.7 Å². The maximum absolute atomic E-state index is 6.14. The second-order valence-corrected chi connectivity index (χ2v) is 5.52. The summed E-state index contributed by atoms with van der Waals surface area (Å²) in [5.74, 6) is 2.57. The largest absolute Gasteiger partial charge is 0.299 e. The maximum Gasteiger partial charge on any atom is 0.225 e. The maximum atomic E-state index is 6.14. The number of rotatable bonds is 2. The van der Waals surface area contributed by atoms with E-state index in [2.05, 4.69) is 35.5 Å². The normalized spacial score (nSPS) is 30.6. The summed E-state index contributed by atoms with van der Waals surface area (Å²) in [5.41, 5.74) is 0. The minimum Gasteiger partial charge on any atom is -0.299 e. The Hall–Kier alpha value is -0.570. The molecule has 1 heterocycles. The van der Waals surface area contributed by atoms with Gasteiger partial charge in [-0.25, -0.2) is 0 Å². The number of aromatic nitrogens is 3. The molecule has 1 saturated carbocycles. The standard InChI is InChI=1S/C12H20ClN3/c1-4-11-14-15-12(13)16(11)10-6-8(2)5-9(3)7-10/h8-10H,4-7H2,1-3H3. The van der Waals surface area contributed by atoms with E-state index in [1.165, 1.54) is 19.3 Å². The molecule has 0 spiro atoms. The van der Waals surface area contributed by atoms with Crippen molar-refractivity contribution in [2.24, 2.45) is 11.8 Å². The predicted molar refractivity (Wildman–Crippen MR) is 65.6 cm³/mol. The van der Waals surface area contributed by atoms with Gasteiger partial charge in [-0.2, -0.15) is 0 Å². The SMILES string of the molecule is CCc1nnc(Cl)n1C1CC(C)CC(C)C1. The molecule has 1 aliphatic rings. The first-order valence-electron chi connectivity index (χ1n) is 6.21. The third kappa shape index (κ3) is 2.24. The Bertz CT molecular complexity index is 351. The van der Waals surface area contributed by atoms with Crippen LogP contribution < -0.4 is 0 Å². The Morgan fingerprint density at radius 3 is 2.38 bits per heavy atom. The monoisotopic (exact) mass is 241 g/mol. The molecule has 3 nitrogen and oxygen atoms in total. The Kier molecular flexibility index (Phi) is 3.53. The third-order valence-corrected chi connectivity index (χ3v) is 3.82. The summed E-state index contributed by atoms with van der Waals surface area (Å²) in [4.78, 5) is 0. The predicted octanol–water partition coefficient (Wildman–Crippen LogP) is 3.49. The molecule has 0 aromatic carbocycles. The van der Waals surface area contributed by atoms with Crippen molar-refractivity contribution < 1.29 is 0 Å². The second kappa shape index (κ2) is 4.74. The van der Waals surface area contributed by atoms with E-state index in [1.807, 2.05) is 0 Å². The average molecular weight is 242 g/mol. The third-order valence-electron chi connectivity index (χ3n) is 3.56. The molecule has 90 valence electrons. The molecule has 2 atom stereocenters. The van der Waals surface area contributed by atoms with Gasteiger partial charge in [0.05, 0.1) is 0 Å². The fourth-order valence-electron chi connectivity index (χ4n) is 3.02. The number of hydrogen-bond donors (Lipinski definition) is 0. The molecule has 1 aromatic heterocycles. The van der Waals surface area contributed by atoms with Crippen LogP contribution in [-0.2, 0) is 6.42 Å². The molecule has 1 aliphatic carbocycles. The van der Waals surface area contributed by atoms with Gasteiger partial charge in [0.2, 0.25) is 5.28 Å². The Morgan fingerprint density at radius 2 is 1.81 bits per heavy atom. The first-order chi connectivity index (χ1) is 7.61. The van der Waals surface area contributed by atoms with E-state index in [0.717, 1.165) is 24.1 Å². The van der Waals surface area contributed by atoms with Crippen LogP contribution in [-0.4, -0.2) is 14.8 Å². The number of halogens is 1. The molecule has 0 saturated heterocycles. The zero-order valence-corrected chi connectivity index (χ0v) is 11.0. The fourth-order valence-corrected chi connectivity index (χ4v) is 3.29. The van der Waals surface area contributed by atoms with Crippen molar-refractivity contribution in [3.63, 3.8) is 0 Å². The molecule has 0 bridgehead atoms. The van der Waals surface area contributed by atoms with Gasteiger partial charge in [0, 0.05) is 12.5 Å². The van der Waals surface area contributed by atoms with E-state index in [4.69, 9.17) is 11.6 Å². The lowest BCUT2D eigenvalue weighted by Gasteiger charge is -2.32. The van der Waals surface area contributed by atoms with Gasteiger partial charge in [0.25, 0.3) is 0 Å². The minimum absolute atomic E-state index is 0.496. The van der Waals surface area contributed by atoms with Crippen molar-refractivity contribution in [3.05, 3.63) is 11.1 Å². The summed E-state index contributed by atoms with van der Waals surface area (Å²) in [6, 6.07) is 0.496. The zero-order chi connectivity index (χ0) is 11.7. The number of aryl methyl sites for hydroxylation is 1. The first kappa shape index (κ1) is 11.9. The van der Waals surface area contributed by atoms with Gasteiger partial charge in [0.15, 0.2) is 0 Å².